The van der Waals surface area contributed by atoms with Gasteiger partial charge in [-0.15, -0.1) is 0 Å². The van der Waals surface area contributed by atoms with E-state index in [4.69, 9.17) is 10.3 Å². The molecule has 2 N–H and O–H groups in total. The Morgan fingerprint density at radius 2 is 1.89 bits per heavy atom. The fraction of sp³-hybridized carbons (Fsp3) is 0.429. The number of hydrogen-bond acceptors (Lipinski definition) is 4. The van der Waals surface area contributed by atoms with Crippen LogP contribution in [0.5, 0.6) is 0 Å². The van der Waals surface area contributed by atoms with Crippen LogP contribution in [0.15, 0.2) is 28.8 Å². The molecule has 0 aliphatic heterocycles. The van der Waals surface area contributed by atoms with Gasteiger partial charge in [-0.3, -0.25) is 0 Å². The van der Waals surface area contributed by atoms with Crippen LogP contribution in [0.4, 0.5) is 5.69 Å². The molecule has 1 heterocycles. The zero-order valence-corrected chi connectivity index (χ0v) is 10.3. The maximum atomic E-state index is 5.91. The predicted molar refractivity (Wildman–Crippen MR) is 70.0 cm³/mol. The molecule has 1 aliphatic carbocycles. The van der Waals surface area contributed by atoms with E-state index in [9.17, 15) is 0 Å². The van der Waals surface area contributed by atoms with E-state index in [1.807, 2.05) is 24.3 Å². The molecule has 0 atom stereocenters. The molecule has 0 saturated heterocycles. The lowest BCUT2D eigenvalue weighted by Crippen LogP contribution is -2.06. The first-order valence-corrected chi connectivity index (χ1v) is 6.53. The van der Waals surface area contributed by atoms with Gasteiger partial charge in [-0.05, 0) is 25.0 Å². The summed E-state index contributed by atoms with van der Waals surface area (Å²) in [6, 6.07) is 7.58. The molecule has 94 valence electrons. The van der Waals surface area contributed by atoms with Crippen LogP contribution in [0.1, 0.15) is 43.8 Å². The molecule has 0 spiro atoms. The highest BCUT2D eigenvalue weighted by Crippen LogP contribution is 2.32. The van der Waals surface area contributed by atoms with Crippen LogP contribution >= 0.6 is 0 Å². The quantitative estimate of drug-likeness (QED) is 0.821. The molecule has 1 aromatic heterocycles. The molecular weight excluding hydrogens is 226 g/mol. The van der Waals surface area contributed by atoms with Gasteiger partial charge in [0.15, 0.2) is 5.82 Å². The third-order valence-corrected chi connectivity index (χ3v) is 3.60. The highest BCUT2D eigenvalue weighted by molar-refractivity contribution is 5.69. The normalized spacial score (nSPS) is 16.9. The van der Waals surface area contributed by atoms with E-state index in [-0.39, 0.29) is 0 Å². The molecule has 0 amide bonds. The van der Waals surface area contributed by atoms with Gasteiger partial charge in [0, 0.05) is 11.6 Å². The molecule has 1 saturated carbocycles. The number of anilines is 1. The van der Waals surface area contributed by atoms with E-state index >= 15 is 0 Å². The highest BCUT2D eigenvalue weighted by Gasteiger charge is 2.21. The first-order valence-electron chi connectivity index (χ1n) is 6.53. The van der Waals surface area contributed by atoms with E-state index in [0.29, 0.717) is 17.5 Å². The minimum absolute atomic E-state index is 0.459. The SMILES string of the molecule is Nc1ccccc1-c1nc(C2CCCCC2)no1. The summed E-state index contributed by atoms with van der Waals surface area (Å²) in [7, 11) is 0. The first kappa shape index (κ1) is 11.3. The van der Waals surface area contributed by atoms with Gasteiger partial charge >= 0.3 is 0 Å². The van der Waals surface area contributed by atoms with Crippen LogP contribution in [0.2, 0.25) is 0 Å². The molecular formula is C14H17N3O. The average molecular weight is 243 g/mol. The Bertz CT molecular complexity index is 529. The summed E-state index contributed by atoms with van der Waals surface area (Å²) >= 11 is 0. The van der Waals surface area contributed by atoms with Crippen molar-refractivity contribution in [3.8, 4) is 11.5 Å². The van der Waals surface area contributed by atoms with E-state index in [1.165, 1.54) is 32.1 Å². The molecule has 4 heteroatoms. The van der Waals surface area contributed by atoms with Gasteiger partial charge in [-0.25, -0.2) is 0 Å². The fourth-order valence-electron chi connectivity index (χ4n) is 2.56. The van der Waals surface area contributed by atoms with Crippen LogP contribution in [0.25, 0.3) is 11.5 Å². The summed E-state index contributed by atoms with van der Waals surface area (Å²) in [6.45, 7) is 0. The largest absolute Gasteiger partial charge is 0.398 e. The van der Waals surface area contributed by atoms with Crippen molar-refractivity contribution in [1.82, 2.24) is 10.1 Å². The Labute approximate surface area is 106 Å². The van der Waals surface area contributed by atoms with Gasteiger partial charge in [0.2, 0.25) is 0 Å². The summed E-state index contributed by atoms with van der Waals surface area (Å²) < 4.78 is 5.34. The molecule has 18 heavy (non-hydrogen) atoms. The first-order chi connectivity index (χ1) is 8.84. The lowest BCUT2D eigenvalue weighted by Gasteiger charge is -2.17. The molecule has 1 fully saturated rings. The minimum Gasteiger partial charge on any atom is -0.398 e. The Hall–Kier alpha value is -1.84. The third kappa shape index (κ3) is 2.10. The lowest BCUT2D eigenvalue weighted by atomic mass is 9.89. The van der Waals surface area contributed by atoms with E-state index in [1.54, 1.807) is 0 Å². The second kappa shape index (κ2) is 4.80. The summed E-state index contributed by atoms with van der Waals surface area (Å²) in [5.74, 6) is 1.84. The van der Waals surface area contributed by atoms with Crippen LogP contribution in [0, 0.1) is 0 Å². The van der Waals surface area contributed by atoms with Crippen molar-refractivity contribution in [3.63, 3.8) is 0 Å². The number of nitrogens with zero attached hydrogens (tertiary/aromatic N) is 2. The maximum absolute atomic E-state index is 5.91. The predicted octanol–water partition coefficient (Wildman–Crippen LogP) is 3.37. The van der Waals surface area contributed by atoms with Crippen molar-refractivity contribution in [3.05, 3.63) is 30.1 Å². The number of nitrogens with two attached hydrogens (primary N) is 1. The standard InChI is InChI=1S/C14H17N3O/c15-12-9-5-4-8-11(12)14-16-13(17-18-14)10-6-2-1-3-7-10/h4-5,8-10H,1-3,6-7,15H2. The minimum atomic E-state index is 0.459. The number of nitrogen functional groups attached to an aromatic ring is 1. The Morgan fingerprint density at radius 1 is 1.11 bits per heavy atom. The van der Waals surface area contributed by atoms with E-state index in [0.717, 1.165) is 11.4 Å². The number of rotatable bonds is 2. The maximum Gasteiger partial charge on any atom is 0.260 e. The molecule has 0 radical (unpaired) electrons. The Balaban J connectivity index is 1.87. The summed E-state index contributed by atoms with van der Waals surface area (Å²) in [5.41, 5.74) is 7.42. The molecule has 1 aliphatic rings. The number of benzene rings is 1. The highest BCUT2D eigenvalue weighted by atomic mass is 16.5. The average Bonchev–Trinajstić information content (AvgIpc) is 2.90. The monoisotopic (exact) mass is 243 g/mol. The van der Waals surface area contributed by atoms with Gasteiger partial charge in [0.1, 0.15) is 0 Å². The second-order valence-corrected chi connectivity index (χ2v) is 4.88. The number of aromatic nitrogens is 2. The fourth-order valence-corrected chi connectivity index (χ4v) is 2.56. The molecule has 0 bridgehead atoms. The van der Waals surface area contributed by atoms with Crippen LogP contribution in [0.3, 0.4) is 0 Å². The summed E-state index contributed by atoms with van der Waals surface area (Å²) in [5, 5.41) is 4.12. The summed E-state index contributed by atoms with van der Waals surface area (Å²) in [4.78, 5) is 4.51. The second-order valence-electron chi connectivity index (χ2n) is 4.88. The van der Waals surface area contributed by atoms with Crippen LogP contribution in [-0.4, -0.2) is 10.1 Å². The van der Waals surface area contributed by atoms with Gasteiger partial charge in [-0.1, -0.05) is 36.6 Å². The molecule has 3 rings (SSSR count). The van der Waals surface area contributed by atoms with Crippen molar-refractivity contribution >= 4 is 5.69 Å². The summed E-state index contributed by atoms with van der Waals surface area (Å²) in [6.07, 6.45) is 6.20. The van der Waals surface area contributed by atoms with Crippen LogP contribution < -0.4 is 5.73 Å². The van der Waals surface area contributed by atoms with E-state index in [2.05, 4.69) is 10.1 Å². The molecule has 2 aromatic rings. The van der Waals surface area contributed by atoms with Crippen molar-refractivity contribution < 1.29 is 4.52 Å². The zero-order chi connectivity index (χ0) is 12.4. The van der Waals surface area contributed by atoms with Gasteiger partial charge in [0.25, 0.3) is 5.89 Å². The van der Waals surface area contributed by atoms with Gasteiger partial charge < -0.3 is 10.3 Å². The van der Waals surface area contributed by atoms with E-state index < -0.39 is 0 Å². The van der Waals surface area contributed by atoms with Crippen molar-refractivity contribution in [2.24, 2.45) is 0 Å². The zero-order valence-electron chi connectivity index (χ0n) is 10.3. The topological polar surface area (TPSA) is 64.9 Å². The Kier molecular flexibility index (Phi) is 3.00. The number of para-hydroxylation sites is 1. The molecule has 1 aromatic carbocycles. The third-order valence-electron chi connectivity index (χ3n) is 3.60. The molecule has 0 unspecified atom stereocenters. The van der Waals surface area contributed by atoms with Crippen molar-refractivity contribution in [1.29, 1.82) is 0 Å². The van der Waals surface area contributed by atoms with Crippen LogP contribution in [-0.2, 0) is 0 Å². The molecule has 4 nitrogen and oxygen atoms in total. The van der Waals surface area contributed by atoms with Gasteiger partial charge in [0.05, 0.1) is 5.56 Å². The lowest BCUT2D eigenvalue weighted by molar-refractivity contribution is 0.385. The van der Waals surface area contributed by atoms with Gasteiger partial charge in [-0.2, -0.15) is 4.98 Å². The Morgan fingerprint density at radius 3 is 2.67 bits per heavy atom. The van der Waals surface area contributed by atoms with Crippen molar-refractivity contribution in [2.45, 2.75) is 38.0 Å². The number of hydrogen-bond donors (Lipinski definition) is 1. The smallest absolute Gasteiger partial charge is 0.260 e. The van der Waals surface area contributed by atoms with Crippen molar-refractivity contribution in [2.75, 3.05) is 5.73 Å².